The molecule has 0 saturated carbocycles. The number of aromatic hydroxyl groups is 1. The van der Waals surface area contributed by atoms with E-state index in [0.29, 0.717) is 5.56 Å². The van der Waals surface area contributed by atoms with Crippen LogP contribution in [0.25, 0.3) is 0 Å². The topological polar surface area (TPSA) is 83.6 Å². The van der Waals surface area contributed by atoms with Crippen LogP contribution in [0.15, 0.2) is 24.3 Å². The van der Waals surface area contributed by atoms with Gasteiger partial charge in [0.2, 0.25) is 0 Å². The highest BCUT2D eigenvalue weighted by atomic mass is 35.5. The Hall–Kier alpha value is -1.26. The van der Waals surface area contributed by atoms with Crippen LogP contribution in [-0.2, 0) is 4.79 Å². The molecule has 14 heavy (non-hydrogen) atoms. The molecule has 0 aliphatic rings. The highest BCUT2D eigenvalue weighted by molar-refractivity contribution is 6.22. The molecule has 2 atom stereocenters. The van der Waals surface area contributed by atoms with Crippen LogP contribution in [0.5, 0.6) is 5.75 Å². The van der Waals surface area contributed by atoms with Gasteiger partial charge in [0.25, 0.3) is 0 Å². The smallest absolute Gasteiger partial charge is 0.322 e. The van der Waals surface area contributed by atoms with Crippen LogP contribution >= 0.6 is 11.6 Å². The van der Waals surface area contributed by atoms with Gasteiger partial charge in [0.15, 0.2) is 0 Å². The van der Waals surface area contributed by atoms with Gasteiger partial charge >= 0.3 is 5.97 Å². The molecular formula is C9H10ClNO3. The quantitative estimate of drug-likeness (QED) is 0.659. The maximum Gasteiger partial charge on any atom is 0.322 e. The average Bonchev–Trinajstić information content (AvgIpc) is 2.16. The zero-order chi connectivity index (χ0) is 10.7. The van der Waals surface area contributed by atoms with Crippen LogP contribution in [0.2, 0.25) is 0 Å². The first-order valence-corrected chi connectivity index (χ1v) is 4.37. The van der Waals surface area contributed by atoms with E-state index in [1.807, 2.05) is 0 Å². The van der Waals surface area contributed by atoms with Gasteiger partial charge in [-0.15, -0.1) is 11.6 Å². The summed E-state index contributed by atoms with van der Waals surface area (Å²) in [6.45, 7) is 0. The van der Waals surface area contributed by atoms with Crippen molar-refractivity contribution in [2.45, 2.75) is 11.4 Å². The lowest BCUT2D eigenvalue weighted by atomic mass is 10.1. The molecule has 1 unspecified atom stereocenters. The summed E-state index contributed by atoms with van der Waals surface area (Å²) in [5, 5.41) is 16.8. The number of phenols is 1. The molecule has 0 bridgehead atoms. The Morgan fingerprint density at radius 1 is 1.36 bits per heavy atom. The summed E-state index contributed by atoms with van der Waals surface area (Å²) >= 11 is 5.82. The van der Waals surface area contributed by atoms with Gasteiger partial charge in [-0.2, -0.15) is 0 Å². The monoisotopic (exact) mass is 215 g/mol. The second-order valence-electron chi connectivity index (χ2n) is 2.86. The number of aliphatic carboxylic acids is 1. The summed E-state index contributed by atoms with van der Waals surface area (Å²) in [4.78, 5) is 10.5. The van der Waals surface area contributed by atoms with Gasteiger partial charge < -0.3 is 15.9 Å². The van der Waals surface area contributed by atoms with Gasteiger partial charge in [-0.3, -0.25) is 4.79 Å². The summed E-state index contributed by atoms with van der Waals surface area (Å²) in [6, 6.07) is 4.78. The molecule has 76 valence electrons. The zero-order valence-corrected chi connectivity index (χ0v) is 7.98. The molecule has 5 heteroatoms. The SMILES string of the molecule is N[C@H](C(=O)O)C(Cl)c1ccc(O)cc1. The number of alkyl halides is 1. The van der Waals surface area contributed by atoms with Crippen molar-refractivity contribution < 1.29 is 15.0 Å². The molecule has 0 aliphatic heterocycles. The third kappa shape index (κ3) is 2.37. The molecule has 0 saturated heterocycles. The molecule has 0 heterocycles. The molecule has 1 aromatic rings. The van der Waals surface area contributed by atoms with Gasteiger partial charge in [0.05, 0.1) is 5.38 Å². The fraction of sp³-hybridized carbons (Fsp3) is 0.222. The highest BCUT2D eigenvalue weighted by Gasteiger charge is 2.23. The van der Waals surface area contributed by atoms with Gasteiger partial charge in [-0.1, -0.05) is 12.1 Å². The molecule has 0 radical (unpaired) electrons. The van der Waals surface area contributed by atoms with Crippen molar-refractivity contribution in [2.75, 3.05) is 0 Å². The molecule has 1 aromatic carbocycles. The van der Waals surface area contributed by atoms with E-state index in [2.05, 4.69) is 0 Å². The van der Waals surface area contributed by atoms with Crippen molar-refractivity contribution in [3.05, 3.63) is 29.8 Å². The second-order valence-corrected chi connectivity index (χ2v) is 3.33. The van der Waals surface area contributed by atoms with Crippen molar-refractivity contribution in [1.82, 2.24) is 0 Å². The van der Waals surface area contributed by atoms with E-state index in [4.69, 9.17) is 27.5 Å². The number of rotatable bonds is 3. The number of nitrogens with two attached hydrogens (primary N) is 1. The van der Waals surface area contributed by atoms with Crippen molar-refractivity contribution in [2.24, 2.45) is 5.73 Å². The van der Waals surface area contributed by atoms with Crippen molar-refractivity contribution in [3.8, 4) is 5.75 Å². The molecule has 1 rings (SSSR count). The number of hydrogen-bond donors (Lipinski definition) is 3. The van der Waals surface area contributed by atoms with Crippen LogP contribution in [-0.4, -0.2) is 22.2 Å². The molecule has 4 N–H and O–H groups in total. The predicted octanol–water partition coefficient (Wildman–Crippen LogP) is 1.08. The number of hydrogen-bond acceptors (Lipinski definition) is 3. The minimum atomic E-state index is -1.15. The Kier molecular flexibility index (Phi) is 3.33. The molecule has 0 aromatic heterocycles. The Bertz CT molecular complexity index is 325. The van der Waals surface area contributed by atoms with E-state index >= 15 is 0 Å². The zero-order valence-electron chi connectivity index (χ0n) is 7.22. The maximum atomic E-state index is 10.5. The van der Waals surface area contributed by atoms with Crippen LogP contribution < -0.4 is 5.73 Å². The van der Waals surface area contributed by atoms with Crippen molar-refractivity contribution >= 4 is 17.6 Å². The predicted molar refractivity (Wildman–Crippen MR) is 52.3 cm³/mol. The average molecular weight is 216 g/mol. The number of carbonyl (C=O) groups is 1. The Balaban J connectivity index is 2.84. The number of halogens is 1. The van der Waals surface area contributed by atoms with E-state index in [9.17, 15) is 4.79 Å². The lowest BCUT2D eigenvalue weighted by Crippen LogP contribution is -2.34. The summed E-state index contributed by atoms with van der Waals surface area (Å²) in [5.74, 6) is -1.06. The highest BCUT2D eigenvalue weighted by Crippen LogP contribution is 2.24. The molecule has 0 amide bonds. The second kappa shape index (κ2) is 4.30. The fourth-order valence-electron chi connectivity index (χ4n) is 0.991. The molecule has 0 fully saturated rings. The first-order valence-electron chi connectivity index (χ1n) is 3.93. The number of carboxylic acids is 1. The third-order valence-corrected chi connectivity index (χ3v) is 2.34. The maximum absolute atomic E-state index is 10.5. The lowest BCUT2D eigenvalue weighted by Gasteiger charge is -2.13. The summed E-state index contributed by atoms with van der Waals surface area (Å²) in [6.07, 6.45) is 0. The van der Waals surface area contributed by atoms with Crippen molar-refractivity contribution in [3.63, 3.8) is 0 Å². The number of benzene rings is 1. The number of phenolic OH excluding ortho intramolecular Hbond substituents is 1. The number of carboxylic acid groups (broad SMARTS) is 1. The lowest BCUT2D eigenvalue weighted by molar-refractivity contribution is -0.138. The Labute approximate surface area is 85.9 Å². The Morgan fingerprint density at radius 2 is 1.86 bits per heavy atom. The largest absolute Gasteiger partial charge is 0.508 e. The van der Waals surface area contributed by atoms with E-state index in [0.717, 1.165) is 0 Å². The van der Waals surface area contributed by atoms with Crippen LogP contribution in [0, 0.1) is 0 Å². The third-order valence-electron chi connectivity index (χ3n) is 1.81. The van der Waals surface area contributed by atoms with Gasteiger partial charge in [-0.25, -0.2) is 0 Å². The van der Waals surface area contributed by atoms with Crippen molar-refractivity contribution in [1.29, 1.82) is 0 Å². The minimum absolute atomic E-state index is 0.0986. The standard InChI is InChI=1S/C9H10ClNO3/c10-7(8(11)9(13)14)5-1-3-6(12)4-2-5/h1-4,7-8,12H,11H2,(H,13,14)/t7?,8-/m0/s1. The van der Waals surface area contributed by atoms with E-state index in [-0.39, 0.29) is 5.75 Å². The van der Waals surface area contributed by atoms with Crippen LogP contribution in [0.4, 0.5) is 0 Å². The summed E-state index contributed by atoms with van der Waals surface area (Å²) < 4.78 is 0. The first kappa shape index (κ1) is 10.8. The van der Waals surface area contributed by atoms with Gasteiger partial charge in [0, 0.05) is 0 Å². The van der Waals surface area contributed by atoms with Gasteiger partial charge in [0.1, 0.15) is 11.8 Å². The van der Waals surface area contributed by atoms with E-state index in [1.54, 1.807) is 0 Å². The summed E-state index contributed by atoms with van der Waals surface area (Å²) in [7, 11) is 0. The molecule has 0 spiro atoms. The fourth-order valence-corrected chi connectivity index (χ4v) is 1.24. The van der Waals surface area contributed by atoms with Gasteiger partial charge in [-0.05, 0) is 17.7 Å². The molecular weight excluding hydrogens is 206 g/mol. The van der Waals surface area contributed by atoms with E-state index < -0.39 is 17.4 Å². The first-order chi connectivity index (χ1) is 6.52. The minimum Gasteiger partial charge on any atom is -0.508 e. The van der Waals surface area contributed by atoms with Crippen LogP contribution in [0.3, 0.4) is 0 Å². The Morgan fingerprint density at radius 3 is 2.29 bits per heavy atom. The molecule has 4 nitrogen and oxygen atoms in total. The van der Waals surface area contributed by atoms with E-state index in [1.165, 1.54) is 24.3 Å². The molecule has 0 aliphatic carbocycles. The van der Waals surface area contributed by atoms with Crippen LogP contribution in [0.1, 0.15) is 10.9 Å². The normalized spacial score (nSPS) is 14.7. The summed E-state index contributed by atoms with van der Waals surface area (Å²) in [5.41, 5.74) is 5.90.